The first-order valence-corrected chi connectivity index (χ1v) is 6.25. The van der Waals surface area contributed by atoms with Gasteiger partial charge in [0.15, 0.2) is 0 Å². The lowest BCUT2D eigenvalue weighted by Crippen LogP contribution is -2.45. The third-order valence-electron chi connectivity index (χ3n) is 4.11. The summed E-state index contributed by atoms with van der Waals surface area (Å²) in [6.45, 7) is 4.98. The van der Waals surface area contributed by atoms with Crippen molar-refractivity contribution in [2.24, 2.45) is 11.8 Å². The third-order valence-corrected chi connectivity index (χ3v) is 4.11. The van der Waals surface area contributed by atoms with Crippen LogP contribution in [0.3, 0.4) is 0 Å². The molecule has 0 aromatic rings. The van der Waals surface area contributed by atoms with Crippen molar-refractivity contribution in [1.82, 2.24) is 4.90 Å². The number of hydrogen-bond donors (Lipinski definition) is 2. The number of piperidine rings is 1. The van der Waals surface area contributed by atoms with Gasteiger partial charge in [-0.05, 0) is 37.6 Å². The topological polar surface area (TPSA) is 43.7 Å². The Labute approximate surface area is 92.1 Å². The van der Waals surface area contributed by atoms with Gasteiger partial charge >= 0.3 is 0 Å². The molecule has 2 fully saturated rings. The molecule has 3 nitrogen and oxygen atoms in total. The number of hydrogen-bond acceptors (Lipinski definition) is 3. The molecule has 0 aromatic heterocycles. The first-order chi connectivity index (χ1) is 7.16. The summed E-state index contributed by atoms with van der Waals surface area (Å²) >= 11 is 0. The highest BCUT2D eigenvalue weighted by molar-refractivity contribution is 4.83. The zero-order valence-electron chi connectivity index (χ0n) is 9.60. The van der Waals surface area contributed by atoms with Gasteiger partial charge in [0.1, 0.15) is 0 Å². The average Bonchev–Trinajstić information content (AvgIpc) is 2.59. The summed E-state index contributed by atoms with van der Waals surface area (Å²) in [5.41, 5.74) is 0. The molecule has 4 unspecified atom stereocenters. The van der Waals surface area contributed by atoms with E-state index in [1.165, 1.54) is 6.42 Å². The lowest BCUT2D eigenvalue weighted by molar-refractivity contribution is 0.0122. The molecule has 1 heterocycles. The molecular formula is C12H23NO2. The number of rotatable bonds is 2. The number of β-amino-alcohol motifs (C(OH)–C–C–N with tert-alkyl or cyclic N) is 1. The third kappa shape index (κ3) is 2.71. The van der Waals surface area contributed by atoms with Gasteiger partial charge < -0.3 is 15.1 Å². The molecule has 15 heavy (non-hydrogen) atoms. The van der Waals surface area contributed by atoms with Crippen molar-refractivity contribution in [3.63, 3.8) is 0 Å². The zero-order chi connectivity index (χ0) is 10.8. The number of aliphatic hydroxyl groups excluding tert-OH is 2. The molecule has 1 saturated heterocycles. The summed E-state index contributed by atoms with van der Waals surface area (Å²) in [6, 6.07) is 0. The summed E-state index contributed by atoms with van der Waals surface area (Å²) in [5, 5.41) is 19.5. The fraction of sp³-hybridized carbons (Fsp3) is 1.00. The van der Waals surface area contributed by atoms with E-state index < -0.39 is 0 Å². The number of nitrogens with zero attached hydrogens (tertiary/aromatic N) is 1. The molecule has 3 heteroatoms. The SMILES string of the molecule is CC1CCN(CC2CCCC2O)CC1O. The Bertz CT molecular complexity index is 210. The lowest BCUT2D eigenvalue weighted by atomic mass is 9.94. The van der Waals surface area contributed by atoms with Gasteiger partial charge in [-0.1, -0.05) is 13.3 Å². The Kier molecular flexibility index (Phi) is 3.65. The van der Waals surface area contributed by atoms with Gasteiger partial charge in [0, 0.05) is 13.1 Å². The van der Waals surface area contributed by atoms with Gasteiger partial charge in [0.05, 0.1) is 12.2 Å². The summed E-state index contributed by atoms with van der Waals surface area (Å²) in [6.07, 6.45) is 4.11. The van der Waals surface area contributed by atoms with E-state index in [1.807, 2.05) is 0 Å². The van der Waals surface area contributed by atoms with Crippen molar-refractivity contribution >= 4 is 0 Å². The predicted octanol–water partition coefficient (Wildman–Crippen LogP) is 0.850. The Morgan fingerprint density at radius 3 is 2.53 bits per heavy atom. The van der Waals surface area contributed by atoms with E-state index in [1.54, 1.807) is 0 Å². The highest BCUT2D eigenvalue weighted by Gasteiger charge is 2.30. The van der Waals surface area contributed by atoms with E-state index in [0.29, 0.717) is 11.8 Å². The molecule has 1 aliphatic carbocycles. The molecule has 0 amide bonds. The minimum Gasteiger partial charge on any atom is -0.393 e. The second-order valence-electron chi connectivity index (χ2n) is 5.35. The van der Waals surface area contributed by atoms with E-state index >= 15 is 0 Å². The van der Waals surface area contributed by atoms with Gasteiger partial charge in [-0.2, -0.15) is 0 Å². The minimum atomic E-state index is -0.169. The largest absolute Gasteiger partial charge is 0.393 e. The normalized spacial score (nSPS) is 43.4. The number of aliphatic hydroxyl groups is 2. The summed E-state index contributed by atoms with van der Waals surface area (Å²) in [5.74, 6) is 0.889. The molecule has 1 saturated carbocycles. The van der Waals surface area contributed by atoms with Crippen molar-refractivity contribution in [2.75, 3.05) is 19.6 Å². The van der Waals surface area contributed by atoms with Gasteiger partial charge in [-0.25, -0.2) is 0 Å². The average molecular weight is 213 g/mol. The summed E-state index contributed by atoms with van der Waals surface area (Å²) < 4.78 is 0. The van der Waals surface area contributed by atoms with Crippen LogP contribution in [0.1, 0.15) is 32.6 Å². The van der Waals surface area contributed by atoms with Gasteiger partial charge in [0.2, 0.25) is 0 Å². The van der Waals surface area contributed by atoms with E-state index in [0.717, 1.165) is 38.9 Å². The van der Waals surface area contributed by atoms with E-state index in [4.69, 9.17) is 0 Å². The molecule has 0 bridgehead atoms. The Morgan fingerprint density at radius 2 is 1.93 bits per heavy atom. The molecule has 0 spiro atoms. The molecule has 0 radical (unpaired) electrons. The maximum Gasteiger partial charge on any atom is 0.0693 e. The summed E-state index contributed by atoms with van der Waals surface area (Å²) in [4.78, 5) is 2.32. The van der Waals surface area contributed by atoms with E-state index in [2.05, 4.69) is 11.8 Å². The highest BCUT2D eigenvalue weighted by Crippen LogP contribution is 2.27. The molecule has 0 aromatic carbocycles. The fourth-order valence-electron chi connectivity index (χ4n) is 2.84. The van der Waals surface area contributed by atoms with Crippen LogP contribution in [0.2, 0.25) is 0 Å². The second kappa shape index (κ2) is 4.81. The van der Waals surface area contributed by atoms with Crippen LogP contribution in [-0.4, -0.2) is 47.0 Å². The maximum atomic E-state index is 9.78. The van der Waals surface area contributed by atoms with Gasteiger partial charge in [0.25, 0.3) is 0 Å². The van der Waals surface area contributed by atoms with Crippen LogP contribution in [0, 0.1) is 11.8 Å². The molecule has 4 atom stereocenters. The van der Waals surface area contributed by atoms with E-state index in [9.17, 15) is 10.2 Å². The van der Waals surface area contributed by atoms with Crippen LogP contribution in [0.5, 0.6) is 0 Å². The van der Waals surface area contributed by atoms with Crippen molar-refractivity contribution in [2.45, 2.75) is 44.8 Å². The first kappa shape index (κ1) is 11.4. The molecule has 88 valence electrons. The smallest absolute Gasteiger partial charge is 0.0693 e. The van der Waals surface area contributed by atoms with Crippen molar-refractivity contribution < 1.29 is 10.2 Å². The van der Waals surface area contributed by atoms with Crippen molar-refractivity contribution in [1.29, 1.82) is 0 Å². The minimum absolute atomic E-state index is 0.0958. The zero-order valence-corrected chi connectivity index (χ0v) is 9.60. The van der Waals surface area contributed by atoms with Crippen LogP contribution in [0.25, 0.3) is 0 Å². The Balaban J connectivity index is 1.80. The Hall–Kier alpha value is -0.120. The van der Waals surface area contributed by atoms with E-state index in [-0.39, 0.29) is 12.2 Å². The van der Waals surface area contributed by atoms with Gasteiger partial charge in [-0.3, -0.25) is 0 Å². The monoisotopic (exact) mass is 213 g/mol. The Morgan fingerprint density at radius 1 is 1.13 bits per heavy atom. The van der Waals surface area contributed by atoms with Crippen LogP contribution in [0.4, 0.5) is 0 Å². The van der Waals surface area contributed by atoms with Crippen LogP contribution in [0.15, 0.2) is 0 Å². The molecular weight excluding hydrogens is 190 g/mol. The molecule has 1 aliphatic heterocycles. The van der Waals surface area contributed by atoms with Crippen molar-refractivity contribution in [3.8, 4) is 0 Å². The van der Waals surface area contributed by atoms with Crippen LogP contribution in [-0.2, 0) is 0 Å². The second-order valence-corrected chi connectivity index (χ2v) is 5.35. The molecule has 2 N–H and O–H groups in total. The molecule has 2 aliphatic rings. The molecule has 2 rings (SSSR count). The standard InChI is InChI=1S/C12H23NO2/c1-9-5-6-13(8-12(9)15)7-10-3-2-4-11(10)14/h9-12,14-15H,2-8H2,1H3. The highest BCUT2D eigenvalue weighted by atomic mass is 16.3. The maximum absolute atomic E-state index is 9.78. The van der Waals surface area contributed by atoms with Gasteiger partial charge in [-0.15, -0.1) is 0 Å². The van der Waals surface area contributed by atoms with Crippen LogP contribution < -0.4 is 0 Å². The lowest BCUT2D eigenvalue weighted by Gasteiger charge is -2.36. The predicted molar refractivity (Wildman–Crippen MR) is 59.6 cm³/mol. The summed E-state index contributed by atoms with van der Waals surface area (Å²) in [7, 11) is 0. The fourth-order valence-corrected chi connectivity index (χ4v) is 2.84. The first-order valence-electron chi connectivity index (χ1n) is 6.25. The number of likely N-dealkylation sites (tertiary alicyclic amines) is 1. The van der Waals surface area contributed by atoms with Crippen molar-refractivity contribution in [3.05, 3.63) is 0 Å². The quantitative estimate of drug-likeness (QED) is 0.715. The van der Waals surface area contributed by atoms with Crippen LogP contribution >= 0.6 is 0 Å².